The van der Waals surface area contributed by atoms with Gasteiger partial charge < -0.3 is 0 Å². The minimum atomic E-state index is -3.48. The van der Waals surface area contributed by atoms with Crippen molar-refractivity contribution >= 4 is 10.0 Å². The normalized spacial score (nSPS) is 28.4. The van der Waals surface area contributed by atoms with Crippen molar-refractivity contribution < 1.29 is 8.42 Å². The lowest BCUT2D eigenvalue weighted by atomic mass is 9.91. The molecule has 0 amide bonds. The summed E-state index contributed by atoms with van der Waals surface area (Å²) < 4.78 is 23.9. The minimum Gasteiger partial charge on any atom is -0.205 e. The SMILES string of the molecule is CC1CCC(S(=O)(=O)N(C)N=O)CC1. The molecule has 0 aromatic rings. The van der Waals surface area contributed by atoms with Gasteiger partial charge in [0, 0.05) is 7.05 Å². The third-order valence-corrected chi connectivity index (χ3v) is 4.98. The van der Waals surface area contributed by atoms with Gasteiger partial charge in [0.25, 0.3) is 10.0 Å². The number of sulfonamides is 1. The Labute approximate surface area is 84.5 Å². The smallest absolute Gasteiger partial charge is 0.205 e. The van der Waals surface area contributed by atoms with Crippen molar-refractivity contribution in [1.29, 1.82) is 0 Å². The van der Waals surface area contributed by atoms with Crippen molar-refractivity contribution in [2.24, 2.45) is 11.2 Å². The molecule has 0 spiro atoms. The predicted molar refractivity (Wildman–Crippen MR) is 53.9 cm³/mol. The molecule has 0 aliphatic heterocycles. The highest BCUT2D eigenvalue weighted by atomic mass is 32.2. The Hall–Kier alpha value is -0.650. The van der Waals surface area contributed by atoms with Gasteiger partial charge in [0.05, 0.1) is 10.5 Å². The molecule has 0 aromatic carbocycles. The minimum absolute atomic E-state index is 0.415. The van der Waals surface area contributed by atoms with Crippen LogP contribution in [0.2, 0.25) is 0 Å². The molecule has 0 unspecified atom stereocenters. The van der Waals surface area contributed by atoms with E-state index < -0.39 is 15.3 Å². The van der Waals surface area contributed by atoms with Crippen LogP contribution in [0.5, 0.6) is 0 Å². The first-order valence-electron chi connectivity index (χ1n) is 4.79. The molecule has 1 saturated carbocycles. The molecule has 1 aliphatic carbocycles. The molecule has 0 N–H and O–H groups in total. The van der Waals surface area contributed by atoms with E-state index in [-0.39, 0.29) is 0 Å². The molecule has 0 saturated heterocycles. The van der Waals surface area contributed by atoms with Gasteiger partial charge in [0.15, 0.2) is 0 Å². The van der Waals surface area contributed by atoms with Crippen LogP contribution in [0.1, 0.15) is 32.6 Å². The first-order valence-corrected chi connectivity index (χ1v) is 6.29. The monoisotopic (exact) mass is 220 g/mol. The van der Waals surface area contributed by atoms with Crippen molar-refractivity contribution in [3.8, 4) is 0 Å². The zero-order valence-corrected chi connectivity index (χ0v) is 9.33. The molecular formula is C8H16N2O3S. The average molecular weight is 220 g/mol. The third-order valence-electron chi connectivity index (χ3n) is 2.87. The molecule has 6 heteroatoms. The standard InChI is InChI=1S/C8H16N2O3S/c1-7-3-5-8(6-4-7)14(12,13)10(2)9-11/h7-8H,3-6H2,1-2H3. The topological polar surface area (TPSA) is 66.8 Å². The highest BCUT2D eigenvalue weighted by Gasteiger charge is 2.32. The van der Waals surface area contributed by atoms with Crippen LogP contribution in [0.15, 0.2) is 5.29 Å². The Morgan fingerprint density at radius 1 is 1.21 bits per heavy atom. The molecule has 0 aromatic heterocycles. The number of nitroso groups, excluding NO2 is 1. The van der Waals surface area contributed by atoms with Gasteiger partial charge in [0.2, 0.25) is 0 Å². The van der Waals surface area contributed by atoms with Crippen LogP contribution < -0.4 is 0 Å². The van der Waals surface area contributed by atoms with E-state index in [1.165, 1.54) is 7.05 Å². The lowest BCUT2D eigenvalue weighted by molar-refractivity contribution is 0.368. The Bertz CT molecular complexity index is 294. The first-order chi connectivity index (χ1) is 6.48. The van der Waals surface area contributed by atoms with Gasteiger partial charge >= 0.3 is 0 Å². The quantitative estimate of drug-likeness (QED) is 0.535. The second-order valence-corrected chi connectivity index (χ2v) is 6.17. The maximum atomic E-state index is 11.7. The molecule has 0 bridgehead atoms. The van der Waals surface area contributed by atoms with Gasteiger partial charge in [0.1, 0.15) is 0 Å². The Morgan fingerprint density at radius 3 is 2.14 bits per heavy atom. The van der Waals surface area contributed by atoms with Gasteiger partial charge in [-0.25, -0.2) is 8.42 Å². The summed E-state index contributed by atoms with van der Waals surface area (Å²) in [4.78, 5) is 10.2. The summed E-state index contributed by atoms with van der Waals surface area (Å²) >= 11 is 0. The number of hydrogen-bond acceptors (Lipinski definition) is 4. The maximum absolute atomic E-state index is 11.7. The number of nitrogens with zero attached hydrogens (tertiary/aromatic N) is 2. The fourth-order valence-electron chi connectivity index (χ4n) is 1.79. The Morgan fingerprint density at radius 2 is 1.71 bits per heavy atom. The highest BCUT2D eigenvalue weighted by Crippen LogP contribution is 2.29. The summed E-state index contributed by atoms with van der Waals surface area (Å²) in [7, 11) is -2.29. The average Bonchev–Trinajstić information content (AvgIpc) is 2.17. The van der Waals surface area contributed by atoms with E-state index in [0.717, 1.165) is 12.8 Å². The molecular weight excluding hydrogens is 204 g/mol. The van der Waals surface area contributed by atoms with Crippen LogP contribution in [0.25, 0.3) is 0 Å². The van der Waals surface area contributed by atoms with Crippen LogP contribution in [0, 0.1) is 10.8 Å². The number of rotatable bonds is 3. The van der Waals surface area contributed by atoms with E-state index in [1.54, 1.807) is 0 Å². The van der Waals surface area contributed by atoms with E-state index in [9.17, 15) is 13.3 Å². The Balaban J connectivity index is 2.69. The molecule has 1 aliphatic rings. The van der Waals surface area contributed by atoms with Crippen molar-refractivity contribution in [2.75, 3.05) is 7.05 Å². The summed E-state index contributed by atoms with van der Waals surface area (Å²) in [6, 6.07) is 0. The summed E-state index contributed by atoms with van der Waals surface area (Å²) in [6.45, 7) is 2.12. The van der Waals surface area contributed by atoms with Crippen molar-refractivity contribution in [3.05, 3.63) is 4.91 Å². The highest BCUT2D eigenvalue weighted by molar-refractivity contribution is 7.89. The van der Waals surface area contributed by atoms with Gasteiger partial charge in [-0.15, -0.1) is 4.91 Å². The number of hydrogen-bond donors (Lipinski definition) is 0. The summed E-state index contributed by atoms with van der Waals surface area (Å²) in [5.41, 5.74) is 0. The molecule has 82 valence electrons. The lowest BCUT2D eigenvalue weighted by Gasteiger charge is -2.27. The van der Waals surface area contributed by atoms with Crippen LogP contribution in [-0.2, 0) is 10.0 Å². The third kappa shape index (κ3) is 2.23. The van der Waals surface area contributed by atoms with Gasteiger partial charge in [-0.1, -0.05) is 6.92 Å². The zero-order valence-electron chi connectivity index (χ0n) is 8.51. The summed E-state index contributed by atoms with van der Waals surface area (Å²) in [5, 5.41) is 2.03. The van der Waals surface area contributed by atoms with E-state index in [4.69, 9.17) is 0 Å². The van der Waals surface area contributed by atoms with Gasteiger partial charge in [-0.05, 0) is 31.6 Å². The molecule has 0 heterocycles. The molecule has 0 radical (unpaired) electrons. The lowest BCUT2D eigenvalue weighted by Crippen LogP contribution is -2.35. The van der Waals surface area contributed by atoms with Crippen molar-refractivity contribution in [1.82, 2.24) is 4.41 Å². The fraction of sp³-hybridized carbons (Fsp3) is 1.00. The second kappa shape index (κ2) is 4.25. The van der Waals surface area contributed by atoms with Crippen LogP contribution in [0.4, 0.5) is 0 Å². The van der Waals surface area contributed by atoms with E-state index in [0.29, 0.717) is 23.2 Å². The van der Waals surface area contributed by atoms with Crippen LogP contribution in [-0.4, -0.2) is 25.1 Å². The molecule has 0 atom stereocenters. The fourth-order valence-corrected chi connectivity index (χ4v) is 3.18. The molecule has 1 fully saturated rings. The van der Waals surface area contributed by atoms with E-state index in [1.807, 2.05) is 0 Å². The molecule has 14 heavy (non-hydrogen) atoms. The van der Waals surface area contributed by atoms with Gasteiger partial charge in [-0.3, -0.25) is 0 Å². The summed E-state index contributed by atoms with van der Waals surface area (Å²) in [6.07, 6.45) is 3.11. The largest absolute Gasteiger partial charge is 0.254 e. The van der Waals surface area contributed by atoms with Crippen molar-refractivity contribution in [2.45, 2.75) is 37.9 Å². The van der Waals surface area contributed by atoms with Gasteiger partial charge in [-0.2, -0.15) is 4.41 Å². The summed E-state index contributed by atoms with van der Waals surface area (Å²) in [5.74, 6) is 0.593. The second-order valence-electron chi connectivity index (χ2n) is 3.94. The van der Waals surface area contributed by atoms with Crippen LogP contribution in [0.3, 0.4) is 0 Å². The van der Waals surface area contributed by atoms with Crippen LogP contribution >= 0.6 is 0 Å². The molecule has 1 rings (SSSR count). The first kappa shape index (κ1) is 11.4. The van der Waals surface area contributed by atoms with Crippen molar-refractivity contribution in [3.63, 3.8) is 0 Å². The van der Waals surface area contributed by atoms with E-state index in [2.05, 4.69) is 12.2 Å². The Kier molecular flexibility index (Phi) is 3.47. The van der Waals surface area contributed by atoms with E-state index >= 15 is 0 Å². The maximum Gasteiger partial charge on any atom is 0.254 e. The molecule has 5 nitrogen and oxygen atoms in total. The zero-order chi connectivity index (χ0) is 10.8. The predicted octanol–water partition coefficient (Wildman–Crippen LogP) is 1.51.